The first-order chi connectivity index (χ1) is 7.10. The average molecular weight is 224 g/mol. The zero-order valence-corrected chi connectivity index (χ0v) is 8.74. The van der Waals surface area contributed by atoms with E-state index in [2.05, 4.69) is 0 Å². The minimum atomic E-state index is -3.47. The van der Waals surface area contributed by atoms with E-state index in [1.165, 1.54) is 13.2 Å². The molecule has 78 valence electrons. The fraction of sp³-hybridized carbons (Fsp3) is 0.100. The lowest BCUT2D eigenvalue weighted by Crippen LogP contribution is -1.95. The normalized spacial score (nSPS) is 16.7. The minimum absolute atomic E-state index is 0.129. The molecule has 0 saturated carbocycles. The van der Waals surface area contributed by atoms with Gasteiger partial charge < -0.3 is 4.74 Å². The van der Waals surface area contributed by atoms with Gasteiger partial charge in [-0.3, -0.25) is 4.79 Å². The Bertz CT molecular complexity index is 555. The number of hydrogen-bond donors (Lipinski definition) is 0. The van der Waals surface area contributed by atoms with E-state index < -0.39 is 9.84 Å². The molecule has 0 spiro atoms. The first-order valence-electron chi connectivity index (χ1n) is 4.19. The third kappa shape index (κ3) is 1.35. The summed E-state index contributed by atoms with van der Waals surface area (Å²) in [5.74, 6) is 0.395. The number of hydrogen-bond acceptors (Lipinski definition) is 4. The molecule has 2 rings (SSSR count). The van der Waals surface area contributed by atoms with Gasteiger partial charge >= 0.3 is 0 Å². The highest BCUT2D eigenvalue weighted by molar-refractivity contribution is 7.95. The van der Waals surface area contributed by atoms with Crippen LogP contribution < -0.4 is 4.74 Å². The molecule has 0 aromatic heterocycles. The van der Waals surface area contributed by atoms with Crippen LogP contribution in [0.3, 0.4) is 0 Å². The Kier molecular flexibility index (Phi) is 2.12. The molecule has 0 saturated heterocycles. The third-order valence-corrected chi connectivity index (χ3v) is 3.73. The SMILES string of the molecule is COc1cccc2c1C(C=O)=CS2(=O)=O. The van der Waals surface area contributed by atoms with Crippen LogP contribution in [0.5, 0.6) is 5.75 Å². The lowest BCUT2D eigenvalue weighted by atomic mass is 10.1. The Balaban J connectivity index is 2.83. The maximum Gasteiger partial charge on any atom is 0.201 e. The summed E-state index contributed by atoms with van der Waals surface area (Å²) in [5.41, 5.74) is 0.498. The molecule has 0 aliphatic carbocycles. The number of rotatable bonds is 2. The maximum absolute atomic E-state index is 11.6. The molecule has 5 heteroatoms. The number of ether oxygens (including phenoxy) is 1. The third-order valence-electron chi connectivity index (χ3n) is 2.21. The number of carbonyl (C=O) groups is 1. The summed E-state index contributed by atoms with van der Waals surface area (Å²) in [6.07, 6.45) is 0.520. The van der Waals surface area contributed by atoms with Gasteiger partial charge in [-0.05, 0) is 12.1 Å². The predicted octanol–water partition coefficient (Wildman–Crippen LogP) is 1.02. The molecule has 0 amide bonds. The highest BCUT2D eigenvalue weighted by Gasteiger charge is 2.29. The smallest absolute Gasteiger partial charge is 0.201 e. The van der Waals surface area contributed by atoms with Crippen LogP contribution in [0, 0.1) is 0 Å². The van der Waals surface area contributed by atoms with Crippen LogP contribution in [0.25, 0.3) is 5.57 Å². The van der Waals surface area contributed by atoms with Gasteiger partial charge in [0.1, 0.15) is 5.75 Å². The van der Waals surface area contributed by atoms with E-state index in [1.807, 2.05) is 0 Å². The van der Waals surface area contributed by atoms with Gasteiger partial charge in [0.25, 0.3) is 0 Å². The summed E-state index contributed by atoms with van der Waals surface area (Å²) in [5, 5.41) is 0.965. The molecule has 4 nitrogen and oxygen atoms in total. The molecule has 1 aromatic rings. The molecule has 0 N–H and O–H groups in total. The van der Waals surface area contributed by atoms with Crippen molar-refractivity contribution in [2.45, 2.75) is 4.90 Å². The zero-order chi connectivity index (χ0) is 11.1. The minimum Gasteiger partial charge on any atom is -0.496 e. The van der Waals surface area contributed by atoms with Gasteiger partial charge in [0, 0.05) is 16.5 Å². The van der Waals surface area contributed by atoms with Crippen molar-refractivity contribution in [2.75, 3.05) is 7.11 Å². The van der Waals surface area contributed by atoms with Gasteiger partial charge in [0.2, 0.25) is 9.84 Å². The van der Waals surface area contributed by atoms with E-state index in [9.17, 15) is 13.2 Å². The van der Waals surface area contributed by atoms with E-state index in [1.54, 1.807) is 12.1 Å². The number of aldehydes is 1. The number of carbonyl (C=O) groups excluding carboxylic acids is 1. The predicted molar refractivity (Wildman–Crippen MR) is 54.2 cm³/mol. The van der Waals surface area contributed by atoms with Crippen LogP contribution in [0.4, 0.5) is 0 Å². The largest absolute Gasteiger partial charge is 0.496 e. The fourth-order valence-electron chi connectivity index (χ4n) is 1.58. The lowest BCUT2D eigenvalue weighted by molar-refractivity contribution is -0.103. The molecule has 1 aromatic carbocycles. The summed E-state index contributed by atoms with van der Waals surface area (Å²) in [4.78, 5) is 10.9. The molecular weight excluding hydrogens is 216 g/mol. The Hall–Kier alpha value is -1.62. The second kappa shape index (κ2) is 3.20. The summed E-state index contributed by atoms with van der Waals surface area (Å²) >= 11 is 0. The second-order valence-electron chi connectivity index (χ2n) is 3.07. The number of sulfone groups is 1. The molecule has 0 unspecified atom stereocenters. The van der Waals surface area contributed by atoms with E-state index >= 15 is 0 Å². The highest BCUT2D eigenvalue weighted by Crippen LogP contribution is 2.38. The molecule has 0 bridgehead atoms. The van der Waals surface area contributed by atoms with Crippen molar-refractivity contribution < 1.29 is 17.9 Å². The summed E-state index contributed by atoms with van der Waals surface area (Å²) in [6, 6.07) is 4.66. The van der Waals surface area contributed by atoms with E-state index in [0.29, 0.717) is 17.6 Å². The van der Waals surface area contributed by atoms with Crippen molar-refractivity contribution in [1.29, 1.82) is 0 Å². The van der Waals surface area contributed by atoms with Crippen LogP contribution in [0.15, 0.2) is 28.5 Å². The molecule has 15 heavy (non-hydrogen) atoms. The van der Waals surface area contributed by atoms with E-state index in [0.717, 1.165) is 5.41 Å². The molecule has 0 fully saturated rings. The van der Waals surface area contributed by atoms with Crippen molar-refractivity contribution in [1.82, 2.24) is 0 Å². The van der Waals surface area contributed by atoms with Crippen LogP contribution in [0.2, 0.25) is 0 Å². The summed E-state index contributed by atoms with van der Waals surface area (Å²) in [6.45, 7) is 0. The number of fused-ring (bicyclic) bond motifs is 1. The fourth-order valence-corrected chi connectivity index (χ4v) is 2.98. The van der Waals surface area contributed by atoms with Gasteiger partial charge in [-0.1, -0.05) is 6.07 Å². The Morgan fingerprint density at radius 3 is 2.67 bits per heavy atom. The van der Waals surface area contributed by atoms with Gasteiger partial charge in [-0.2, -0.15) is 0 Å². The van der Waals surface area contributed by atoms with Crippen LogP contribution in [-0.2, 0) is 14.6 Å². The molecule has 1 heterocycles. The summed E-state index contributed by atoms with van der Waals surface area (Å²) < 4.78 is 28.2. The topological polar surface area (TPSA) is 60.4 Å². The van der Waals surface area contributed by atoms with Gasteiger partial charge in [-0.25, -0.2) is 8.42 Å². The van der Waals surface area contributed by atoms with E-state index in [-0.39, 0.29) is 10.5 Å². The van der Waals surface area contributed by atoms with Gasteiger partial charge in [0.15, 0.2) is 6.29 Å². The van der Waals surface area contributed by atoms with Crippen molar-refractivity contribution in [3.8, 4) is 5.75 Å². The van der Waals surface area contributed by atoms with E-state index in [4.69, 9.17) is 4.74 Å². The molecule has 0 atom stereocenters. The Morgan fingerprint density at radius 1 is 1.33 bits per heavy atom. The first-order valence-corrected chi connectivity index (χ1v) is 5.74. The standard InChI is InChI=1S/C10H8O4S/c1-14-8-3-2-4-9-10(8)7(5-11)6-15(9,12)13/h2-6H,1H3. The van der Waals surface area contributed by atoms with Crippen LogP contribution >= 0.6 is 0 Å². The average Bonchev–Trinajstić information content (AvgIpc) is 2.50. The number of methoxy groups -OCH3 is 1. The monoisotopic (exact) mass is 224 g/mol. The zero-order valence-electron chi connectivity index (χ0n) is 7.93. The van der Waals surface area contributed by atoms with Crippen molar-refractivity contribution >= 4 is 21.7 Å². The van der Waals surface area contributed by atoms with Crippen LogP contribution in [-0.4, -0.2) is 21.8 Å². The maximum atomic E-state index is 11.6. The molecule has 1 aliphatic heterocycles. The van der Waals surface area contributed by atoms with Crippen LogP contribution in [0.1, 0.15) is 5.56 Å². The lowest BCUT2D eigenvalue weighted by Gasteiger charge is -2.06. The highest BCUT2D eigenvalue weighted by atomic mass is 32.2. The number of allylic oxidation sites excluding steroid dienone is 1. The van der Waals surface area contributed by atoms with Gasteiger partial charge in [-0.15, -0.1) is 0 Å². The molecule has 0 radical (unpaired) electrons. The Labute approximate surface area is 87.1 Å². The quantitative estimate of drug-likeness (QED) is 0.704. The van der Waals surface area contributed by atoms with Crippen molar-refractivity contribution in [2.24, 2.45) is 0 Å². The second-order valence-corrected chi connectivity index (χ2v) is 4.84. The molecule has 1 aliphatic rings. The van der Waals surface area contributed by atoms with Crippen molar-refractivity contribution in [3.63, 3.8) is 0 Å². The first kappa shape index (κ1) is 9.92. The number of benzene rings is 1. The van der Waals surface area contributed by atoms with Crippen molar-refractivity contribution in [3.05, 3.63) is 29.2 Å². The van der Waals surface area contributed by atoms with Gasteiger partial charge in [0.05, 0.1) is 12.0 Å². The summed E-state index contributed by atoms with van der Waals surface area (Å²) in [7, 11) is -2.04. The Morgan fingerprint density at radius 2 is 2.07 bits per heavy atom. The molecular formula is C10H8O4S.